The van der Waals surface area contributed by atoms with Crippen molar-refractivity contribution in [2.75, 3.05) is 11.9 Å². The number of benzene rings is 1. The molecule has 3 rings (SSSR count). The van der Waals surface area contributed by atoms with Crippen molar-refractivity contribution in [3.8, 4) is 0 Å². The minimum Gasteiger partial charge on any atom is -0.360 e. The van der Waals surface area contributed by atoms with E-state index in [4.69, 9.17) is 4.52 Å². The van der Waals surface area contributed by atoms with Gasteiger partial charge in [0.15, 0.2) is 5.82 Å². The van der Waals surface area contributed by atoms with Crippen molar-refractivity contribution in [2.45, 2.75) is 45.6 Å². The van der Waals surface area contributed by atoms with E-state index in [1.807, 2.05) is 24.3 Å². The molecule has 1 atom stereocenters. The molecule has 2 N–H and O–H groups in total. The number of urea groups is 1. The van der Waals surface area contributed by atoms with E-state index < -0.39 is 29.9 Å². The maximum absolute atomic E-state index is 12.9. The molecule has 2 aromatic rings. The second kappa shape index (κ2) is 6.78. The van der Waals surface area contributed by atoms with E-state index in [9.17, 15) is 14.4 Å². The molecule has 1 aliphatic rings. The van der Waals surface area contributed by atoms with E-state index in [1.165, 1.54) is 0 Å². The van der Waals surface area contributed by atoms with Crippen LogP contribution in [0.1, 0.15) is 44.6 Å². The van der Waals surface area contributed by atoms with Crippen molar-refractivity contribution in [2.24, 2.45) is 0 Å². The molecule has 1 unspecified atom stereocenters. The van der Waals surface area contributed by atoms with Gasteiger partial charge in [-0.1, -0.05) is 50.2 Å². The van der Waals surface area contributed by atoms with Crippen molar-refractivity contribution in [3.05, 3.63) is 47.2 Å². The molecule has 0 bridgehead atoms. The molecule has 1 fully saturated rings. The largest absolute Gasteiger partial charge is 0.360 e. The van der Waals surface area contributed by atoms with Crippen molar-refractivity contribution in [3.63, 3.8) is 0 Å². The number of nitrogens with zero attached hydrogens (tertiary/aromatic N) is 2. The molecule has 0 aliphatic carbocycles. The van der Waals surface area contributed by atoms with Crippen LogP contribution >= 0.6 is 0 Å². The van der Waals surface area contributed by atoms with Crippen LogP contribution < -0.4 is 10.6 Å². The highest BCUT2D eigenvalue weighted by Crippen LogP contribution is 2.31. The van der Waals surface area contributed by atoms with Crippen LogP contribution in [0.25, 0.3) is 0 Å². The van der Waals surface area contributed by atoms with Gasteiger partial charge in [0, 0.05) is 6.07 Å². The molecule has 0 saturated carbocycles. The molecule has 4 amide bonds. The fourth-order valence-electron chi connectivity index (χ4n) is 3.09. The highest BCUT2D eigenvalue weighted by atomic mass is 16.5. The Morgan fingerprint density at radius 2 is 1.89 bits per heavy atom. The highest BCUT2D eigenvalue weighted by molar-refractivity contribution is 6.10. The predicted octanol–water partition coefficient (Wildman–Crippen LogP) is 2.69. The van der Waals surface area contributed by atoms with Gasteiger partial charge in [-0.2, -0.15) is 0 Å². The third-order valence-electron chi connectivity index (χ3n) is 4.80. The number of hydrogen-bond donors (Lipinski definition) is 2. The SMILES string of the molecule is Cc1cc(NC(=O)CN2C(=O)NC(C)(c3ccc(C(C)(C)C)cc3)C2=O)no1. The van der Waals surface area contributed by atoms with E-state index in [2.05, 4.69) is 36.6 Å². The van der Waals surface area contributed by atoms with Crippen LogP contribution in [0.5, 0.6) is 0 Å². The topological polar surface area (TPSA) is 105 Å². The zero-order valence-electron chi connectivity index (χ0n) is 16.6. The van der Waals surface area contributed by atoms with E-state index in [0.717, 1.165) is 10.5 Å². The zero-order valence-corrected chi connectivity index (χ0v) is 16.6. The summed E-state index contributed by atoms with van der Waals surface area (Å²) in [7, 11) is 0. The number of rotatable bonds is 4. The van der Waals surface area contributed by atoms with E-state index in [0.29, 0.717) is 11.3 Å². The number of imide groups is 1. The van der Waals surface area contributed by atoms with Crippen LogP contribution in [-0.4, -0.2) is 34.4 Å². The third-order valence-corrected chi connectivity index (χ3v) is 4.80. The van der Waals surface area contributed by atoms with Gasteiger partial charge in [0.05, 0.1) is 0 Å². The number of nitrogens with one attached hydrogen (secondary N) is 2. The van der Waals surface area contributed by atoms with Gasteiger partial charge in [0.2, 0.25) is 5.91 Å². The predicted molar refractivity (Wildman–Crippen MR) is 103 cm³/mol. The zero-order chi connectivity index (χ0) is 20.7. The summed E-state index contributed by atoms with van der Waals surface area (Å²) >= 11 is 0. The fourth-order valence-corrected chi connectivity index (χ4v) is 3.09. The van der Waals surface area contributed by atoms with Gasteiger partial charge in [-0.3, -0.25) is 14.5 Å². The summed E-state index contributed by atoms with van der Waals surface area (Å²) in [5.74, 6) is -0.247. The molecule has 28 heavy (non-hydrogen) atoms. The van der Waals surface area contributed by atoms with Crippen molar-refractivity contribution in [1.82, 2.24) is 15.4 Å². The first-order valence-electron chi connectivity index (χ1n) is 8.99. The van der Waals surface area contributed by atoms with Crippen LogP contribution in [0, 0.1) is 6.92 Å². The van der Waals surface area contributed by atoms with Gasteiger partial charge in [-0.25, -0.2) is 4.79 Å². The van der Waals surface area contributed by atoms with Gasteiger partial charge in [0.25, 0.3) is 5.91 Å². The smallest absolute Gasteiger partial charge is 0.325 e. The summed E-state index contributed by atoms with van der Waals surface area (Å²) in [5.41, 5.74) is 0.536. The van der Waals surface area contributed by atoms with Crippen LogP contribution in [0.15, 0.2) is 34.9 Å². The molecular weight excluding hydrogens is 360 g/mol. The molecule has 1 aromatic carbocycles. The molecule has 8 nitrogen and oxygen atoms in total. The Morgan fingerprint density at radius 3 is 2.43 bits per heavy atom. The molecule has 0 radical (unpaired) electrons. The Labute approximate surface area is 163 Å². The number of carbonyl (C=O) groups excluding carboxylic acids is 3. The lowest BCUT2D eigenvalue weighted by Crippen LogP contribution is -2.42. The molecule has 1 aromatic heterocycles. The number of aromatic nitrogens is 1. The summed E-state index contributed by atoms with van der Waals surface area (Å²) in [6.07, 6.45) is 0. The van der Waals surface area contributed by atoms with Gasteiger partial charge >= 0.3 is 6.03 Å². The summed E-state index contributed by atoms with van der Waals surface area (Å²) in [5, 5.41) is 8.87. The lowest BCUT2D eigenvalue weighted by molar-refractivity contribution is -0.133. The maximum atomic E-state index is 12.9. The van der Waals surface area contributed by atoms with Gasteiger partial charge in [0.1, 0.15) is 17.8 Å². The minimum atomic E-state index is -1.22. The van der Waals surface area contributed by atoms with Crippen molar-refractivity contribution < 1.29 is 18.9 Å². The molecule has 8 heteroatoms. The van der Waals surface area contributed by atoms with E-state index >= 15 is 0 Å². The maximum Gasteiger partial charge on any atom is 0.325 e. The molecular formula is C20H24N4O4. The Balaban J connectivity index is 1.75. The molecule has 148 valence electrons. The Bertz CT molecular complexity index is 926. The molecule has 1 aliphatic heterocycles. The third kappa shape index (κ3) is 3.62. The standard InChI is InChI=1S/C20H24N4O4/c1-12-10-15(23-28-12)21-16(25)11-24-17(26)20(5,22-18(24)27)14-8-6-13(7-9-14)19(2,3)4/h6-10H,11H2,1-5H3,(H,22,27)(H,21,23,25). The Morgan fingerprint density at radius 1 is 1.25 bits per heavy atom. The minimum absolute atomic E-state index is 0.0219. The monoisotopic (exact) mass is 384 g/mol. The number of amides is 4. The lowest BCUT2D eigenvalue weighted by atomic mass is 9.84. The summed E-state index contributed by atoms with van der Waals surface area (Å²) in [6, 6.07) is 8.50. The van der Waals surface area contributed by atoms with Crippen LogP contribution in [0.4, 0.5) is 10.6 Å². The van der Waals surface area contributed by atoms with Crippen LogP contribution in [0.2, 0.25) is 0 Å². The first-order chi connectivity index (χ1) is 13.0. The van der Waals surface area contributed by atoms with Gasteiger partial charge in [-0.05, 0) is 30.4 Å². The second-order valence-electron chi connectivity index (χ2n) is 8.14. The Kier molecular flexibility index (Phi) is 4.74. The lowest BCUT2D eigenvalue weighted by Gasteiger charge is -2.24. The van der Waals surface area contributed by atoms with Crippen molar-refractivity contribution >= 4 is 23.7 Å². The van der Waals surface area contributed by atoms with Crippen molar-refractivity contribution in [1.29, 1.82) is 0 Å². The number of anilines is 1. The molecule has 2 heterocycles. The van der Waals surface area contributed by atoms with Crippen LogP contribution in [-0.2, 0) is 20.5 Å². The summed E-state index contributed by atoms with van der Waals surface area (Å²) in [4.78, 5) is 38.4. The first kappa shape index (κ1) is 19.6. The van der Waals surface area contributed by atoms with E-state index in [1.54, 1.807) is 19.9 Å². The van der Waals surface area contributed by atoms with Crippen LogP contribution in [0.3, 0.4) is 0 Å². The molecule has 0 spiro atoms. The summed E-state index contributed by atoms with van der Waals surface area (Å²) < 4.78 is 4.88. The van der Waals surface area contributed by atoms with E-state index in [-0.39, 0.29) is 11.2 Å². The average molecular weight is 384 g/mol. The Hall–Kier alpha value is -3.16. The number of aryl methyl sites for hydroxylation is 1. The van der Waals surface area contributed by atoms with Gasteiger partial charge in [-0.15, -0.1) is 0 Å². The average Bonchev–Trinajstić information content (AvgIpc) is 3.11. The second-order valence-corrected chi connectivity index (χ2v) is 8.14. The van der Waals surface area contributed by atoms with Gasteiger partial charge < -0.3 is 15.2 Å². The highest BCUT2D eigenvalue weighted by Gasteiger charge is 2.49. The normalized spacial score (nSPS) is 19.7. The number of hydrogen-bond acceptors (Lipinski definition) is 5. The fraction of sp³-hybridized carbons (Fsp3) is 0.400. The quantitative estimate of drug-likeness (QED) is 0.789. The number of carbonyl (C=O) groups is 3. The molecule has 1 saturated heterocycles. The summed E-state index contributed by atoms with van der Waals surface area (Å²) in [6.45, 7) is 9.22. The first-order valence-corrected chi connectivity index (χ1v) is 8.99.